The van der Waals surface area contributed by atoms with E-state index in [1.165, 1.54) is 0 Å². The number of aromatic nitrogens is 1. The van der Waals surface area contributed by atoms with Gasteiger partial charge in [-0.2, -0.15) is 0 Å². The molecule has 0 atom stereocenters. The summed E-state index contributed by atoms with van der Waals surface area (Å²) in [4.78, 5) is 3.21. The Bertz CT molecular complexity index is 491. The van der Waals surface area contributed by atoms with Gasteiger partial charge in [-0.25, -0.2) is 0 Å². The molecule has 0 radical (unpaired) electrons. The molecule has 4 heteroatoms. The summed E-state index contributed by atoms with van der Waals surface area (Å²) in [6, 6.07) is 3.90. The molecule has 86 valence electrons. The predicted molar refractivity (Wildman–Crippen MR) is 64.2 cm³/mol. The number of rotatable bonds is 4. The molecular weight excluding hydrogens is 204 g/mol. The Morgan fingerprint density at radius 2 is 2.00 bits per heavy atom. The number of hydrogen-bond acceptors (Lipinski definition) is 3. The molecule has 16 heavy (non-hydrogen) atoms. The second-order valence-corrected chi connectivity index (χ2v) is 3.56. The van der Waals surface area contributed by atoms with Crippen molar-refractivity contribution in [2.24, 2.45) is 5.73 Å². The summed E-state index contributed by atoms with van der Waals surface area (Å²) in [6.07, 6.45) is 2.68. The number of benzene rings is 1. The van der Waals surface area contributed by atoms with Crippen LogP contribution in [-0.4, -0.2) is 25.7 Å². The van der Waals surface area contributed by atoms with Crippen molar-refractivity contribution < 1.29 is 9.47 Å². The van der Waals surface area contributed by atoms with Crippen LogP contribution in [0.4, 0.5) is 0 Å². The van der Waals surface area contributed by atoms with Gasteiger partial charge in [0.15, 0.2) is 0 Å². The third kappa shape index (κ3) is 1.61. The van der Waals surface area contributed by atoms with E-state index >= 15 is 0 Å². The van der Waals surface area contributed by atoms with Crippen molar-refractivity contribution in [3.05, 3.63) is 23.9 Å². The molecule has 0 saturated heterocycles. The summed E-state index contributed by atoms with van der Waals surface area (Å²) in [5.74, 6) is 1.63. The van der Waals surface area contributed by atoms with Crippen LogP contribution in [0.15, 0.2) is 18.3 Å². The summed E-state index contributed by atoms with van der Waals surface area (Å²) < 4.78 is 10.7. The smallest absolute Gasteiger partial charge is 0.131 e. The number of aromatic amines is 1. The van der Waals surface area contributed by atoms with Gasteiger partial charge in [-0.1, -0.05) is 0 Å². The molecule has 0 bridgehead atoms. The van der Waals surface area contributed by atoms with E-state index in [1.807, 2.05) is 18.3 Å². The van der Waals surface area contributed by atoms with Gasteiger partial charge >= 0.3 is 0 Å². The molecule has 2 aromatic rings. The highest BCUT2D eigenvalue weighted by Gasteiger charge is 2.13. The van der Waals surface area contributed by atoms with Crippen LogP contribution < -0.4 is 15.2 Å². The Kier molecular flexibility index (Phi) is 3.01. The Hall–Kier alpha value is -1.68. The number of methoxy groups -OCH3 is 2. The number of fused-ring (bicyclic) bond motifs is 1. The summed E-state index contributed by atoms with van der Waals surface area (Å²) in [5.41, 5.74) is 7.76. The molecule has 0 spiro atoms. The van der Waals surface area contributed by atoms with E-state index in [4.69, 9.17) is 15.2 Å². The van der Waals surface area contributed by atoms with Crippen molar-refractivity contribution in [3.63, 3.8) is 0 Å². The molecule has 1 heterocycles. The zero-order valence-corrected chi connectivity index (χ0v) is 9.54. The molecule has 3 N–H and O–H groups in total. The van der Waals surface area contributed by atoms with Crippen LogP contribution in [0.2, 0.25) is 0 Å². The standard InChI is InChI=1S/C12H16N2O2/c1-15-10-7-11(16-2)9-4-6-14-12(9)8(10)3-5-13/h4,6-7,14H,3,5,13H2,1-2H3. The lowest BCUT2D eigenvalue weighted by molar-refractivity contribution is 0.394. The molecule has 0 unspecified atom stereocenters. The first-order valence-electron chi connectivity index (χ1n) is 5.22. The molecule has 2 rings (SSSR count). The van der Waals surface area contributed by atoms with Crippen LogP contribution >= 0.6 is 0 Å². The first-order chi connectivity index (χ1) is 7.81. The van der Waals surface area contributed by atoms with Crippen LogP contribution in [0.3, 0.4) is 0 Å². The van der Waals surface area contributed by atoms with Gasteiger partial charge in [0.05, 0.1) is 19.7 Å². The Balaban J connectivity index is 2.69. The third-order valence-electron chi connectivity index (χ3n) is 2.71. The van der Waals surface area contributed by atoms with Gasteiger partial charge in [0.1, 0.15) is 11.5 Å². The summed E-state index contributed by atoms with van der Waals surface area (Å²) in [6.45, 7) is 0.594. The van der Waals surface area contributed by atoms with Crippen LogP contribution in [-0.2, 0) is 6.42 Å². The number of nitrogens with one attached hydrogen (secondary N) is 1. The largest absolute Gasteiger partial charge is 0.496 e. The van der Waals surface area contributed by atoms with Gasteiger partial charge in [-0.3, -0.25) is 0 Å². The topological polar surface area (TPSA) is 60.3 Å². The van der Waals surface area contributed by atoms with E-state index in [2.05, 4.69) is 4.98 Å². The van der Waals surface area contributed by atoms with Gasteiger partial charge in [0.25, 0.3) is 0 Å². The molecule has 0 fully saturated rings. The lowest BCUT2D eigenvalue weighted by atomic mass is 10.1. The zero-order chi connectivity index (χ0) is 11.5. The van der Waals surface area contributed by atoms with E-state index in [0.717, 1.165) is 34.4 Å². The van der Waals surface area contributed by atoms with Crippen molar-refractivity contribution in [2.75, 3.05) is 20.8 Å². The molecular formula is C12H16N2O2. The fourth-order valence-corrected chi connectivity index (χ4v) is 1.98. The van der Waals surface area contributed by atoms with Crippen LogP contribution in [0, 0.1) is 0 Å². The minimum Gasteiger partial charge on any atom is -0.496 e. The predicted octanol–water partition coefficient (Wildman–Crippen LogP) is 1.69. The zero-order valence-electron chi connectivity index (χ0n) is 9.54. The Morgan fingerprint density at radius 1 is 1.25 bits per heavy atom. The van der Waals surface area contributed by atoms with Gasteiger partial charge in [0, 0.05) is 23.2 Å². The van der Waals surface area contributed by atoms with Crippen LogP contribution in [0.1, 0.15) is 5.56 Å². The van der Waals surface area contributed by atoms with E-state index in [1.54, 1.807) is 14.2 Å². The Labute approximate surface area is 94.3 Å². The van der Waals surface area contributed by atoms with Gasteiger partial charge in [-0.15, -0.1) is 0 Å². The SMILES string of the molecule is COc1cc(OC)c2cc[nH]c2c1CCN. The summed E-state index contributed by atoms with van der Waals surface area (Å²) >= 11 is 0. The first-order valence-corrected chi connectivity index (χ1v) is 5.22. The Morgan fingerprint density at radius 3 is 2.62 bits per heavy atom. The molecule has 0 aliphatic carbocycles. The lowest BCUT2D eigenvalue weighted by Crippen LogP contribution is -2.05. The highest BCUT2D eigenvalue weighted by molar-refractivity contribution is 5.90. The monoisotopic (exact) mass is 220 g/mol. The van der Waals surface area contributed by atoms with Crippen molar-refractivity contribution in [1.29, 1.82) is 0 Å². The van der Waals surface area contributed by atoms with Crippen molar-refractivity contribution >= 4 is 10.9 Å². The van der Waals surface area contributed by atoms with Gasteiger partial charge < -0.3 is 20.2 Å². The van der Waals surface area contributed by atoms with Crippen LogP contribution in [0.5, 0.6) is 11.5 Å². The highest BCUT2D eigenvalue weighted by Crippen LogP contribution is 2.35. The summed E-state index contributed by atoms with van der Waals surface area (Å²) in [5, 5.41) is 1.06. The van der Waals surface area contributed by atoms with Gasteiger partial charge in [0.2, 0.25) is 0 Å². The number of hydrogen-bond donors (Lipinski definition) is 2. The third-order valence-corrected chi connectivity index (χ3v) is 2.71. The van der Waals surface area contributed by atoms with E-state index in [9.17, 15) is 0 Å². The molecule has 1 aromatic carbocycles. The van der Waals surface area contributed by atoms with E-state index in [0.29, 0.717) is 6.54 Å². The molecule has 1 aromatic heterocycles. The minimum atomic E-state index is 0.594. The van der Waals surface area contributed by atoms with Crippen molar-refractivity contribution in [2.45, 2.75) is 6.42 Å². The average molecular weight is 220 g/mol. The second-order valence-electron chi connectivity index (χ2n) is 3.56. The van der Waals surface area contributed by atoms with Crippen LogP contribution in [0.25, 0.3) is 10.9 Å². The van der Waals surface area contributed by atoms with E-state index in [-0.39, 0.29) is 0 Å². The lowest BCUT2D eigenvalue weighted by Gasteiger charge is -2.12. The highest BCUT2D eigenvalue weighted by atomic mass is 16.5. The fraction of sp³-hybridized carbons (Fsp3) is 0.333. The van der Waals surface area contributed by atoms with Gasteiger partial charge in [-0.05, 0) is 19.0 Å². The maximum Gasteiger partial charge on any atom is 0.131 e. The molecule has 4 nitrogen and oxygen atoms in total. The maximum atomic E-state index is 5.61. The van der Waals surface area contributed by atoms with Crippen molar-refractivity contribution in [1.82, 2.24) is 4.98 Å². The molecule has 0 aliphatic rings. The quantitative estimate of drug-likeness (QED) is 0.824. The normalized spacial score (nSPS) is 10.7. The molecule has 0 amide bonds. The minimum absolute atomic E-state index is 0.594. The average Bonchev–Trinajstić information content (AvgIpc) is 2.78. The van der Waals surface area contributed by atoms with E-state index < -0.39 is 0 Å². The second kappa shape index (κ2) is 4.45. The number of ether oxygens (including phenoxy) is 2. The van der Waals surface area contributed by atoms with Crippen molar-refractivity contribution in [3.8, 4) is 11.5 Å². The molecule has 0 saturated carbocycles. The fourth-order valence-electron chi connectivity index (χ4n) is 1.98. The first kappa shape index (κ1) is 10.8. The number of H-pyrrole nitrogens is 1. The molecule has 0 aliphatic heterocycles. The number of nitrogens with two attached hydrogens (primary N) is 1. The summed E-state index contributed by atoms with van der Waals surface area (Å²) in [7, 11) is 3.31. The maximum absolute atomic E-state index is 5.61.